The number of methoxy groups -OCH3 is 1. The summed E-state index contributed by atoms with van der Waals surface area (Å²) in [4.78, 5) is 10.6. The van der Waals surface area contributed by atoms with E-state index in [2.05, 4.69) is 33.8 Å². The number of hydrogen-bond donors (Lipinski definition) is 0. The first kappa shape index (κ1) is 15.5. The highest BCUT2D eigenvalue weighted by Crippen LogP contribution is 2.29. The van der Waals surface area contributed by atoms with Crippen LogP contribution >= 0.6 is 11.3 Å². The highest BCUT2D eigenvalue weighted by atomic mass is 32.1. The molecule has 1 aromatic heterocycles. The van der Waals surface area contributed by atoms with E-state index >= 15 is 0 Å². The number of thiazole rings is 1. The Bertz CT molecular complexity index is 579. The molecule has 5 heteroatoms. The zero-order valence-corrected chi connectivity index (χ0v) is 14.1. The van der Waals surface area contributed by atoms with Gasteiger partial charge < -0.3 is 4.74 Å². The van der Waals surface area contributed by atoms with Crippen LogP contribution < -0.4 is 4.74 Å². The normalized spacial score (nSPS) is 18.3. The molecular formula is C17H23N3OS. The Morgan fingerprint density at radius 3 is 2.68 bits per heavy atom. The number of hydrogen-bond acceptors (Lipinski definition) is 5. The topological polar surface area (TPSA) is 28.6 Å². The van der Waals surface area contributed by atoms with Crippen molar-refractivity contribution in [2.45, 2.75) is 19.5 Å². The molecule has 118 valence electrons. The highest BCUT2D eigenvalue weighted by Gasteiger charge is 2.23. The van der Waals surface area contributed by atoms with E-state index in [-0.39, 0.29) is 0 Å². The highest BCUT2D eigenvalue weighted by molar-refractivity contribution is 7.09. The van der Waals surface area contributed by atoms with E-state index in [1.165, 1.54) is 10.4 Å². The molecule has 1 atom stereocenters. The first-order valence-corrected chi connectivity index (χ1v) is 8.62. The summed E-state index contributed by atoms with van der Waals surface area (Å²) in [6.07, 6.45) is 1.98. The summed E-state index contributed by atoms with van der Waals surface area (Å²) in [5, 5.41) is 0. The molecule has 1 aliphatic rings. The van der Waals surface area contributed by atoms with Crippen LogP contribution in [0.4, 0.5) is 0 Å². The van der Waals surface area contributed by atoms with E-state index in [1.807, 2.05) is 23.8 Å². The van der Waals surface area contributed by atoms with Crippen LogP contribution in [0.5, 0.6) is 5.75 Å². The van der Waals surface area contributed by atoms with Crippen molar-refractivity contribution >= 4 is 11.3 Å². The van der Waals surface area contributed by atoms with Gasteiger partial charge in [0.05, 0.1) is 12.6 Å². The van der Waals surface area contributed by atoms with Crippen LogP contribution in [-0.2, 0) is 6.54 Å². The van der Waals surface area contributed by atoms with Gasteiger partial charge in [-0.3, -0.25) is 14.8 Å². The summed E-state index contributed by atoms with van der Waals surface area (Å²) in [5.41, 5.74) is 3.19. The number of benzene rings is 1. The second-order valence-corrected chi connectivity index (χ2v) is 6.67. The summed E-state index contributed by atoms with van der Waals surface area (Å²) in [6.45, 7) is 7.71. The molecule has 22 heavy (non-hydrogen) atoms. The monoisotopic (exact) mass is 317 g/mol. The van der Waals surface area contributed by atoms with Gasteiger partial charge >= 0.3 is 0 Å². The Hall–Kier alpha value is -1.43. The number of rotatable bonds is 5. The third-order valence-electron chi connectivity index (χ3n) is 4.41. The van der Waals surface area contributed by atoms with Gasteiger partial charge in [0.15, 0.2) is 0 Å². The van der Waals surface area contributed by atoms with E-state index in [0.29, 0.717) is 6.04 Å². The predicted octanol–water partition coefficient (Wildman–Crippen LogP) is 3.03. The molecule has 0 unspecified atom stereocenters. The minimum atomic E-state index is 0.390. The van der Waals surface area contributed by atoms with E-state index < -0.39 is 0 Å². The first-order chi connectivity index (χ1) is 10.8. The van der Waals surface area contributed by atoms with E-state index in [1.54, 1.807) is 18.4 Å². The lowest BCUT2D eigenvalue weighted by molar-refractivity contribution is 0.0974. The quantitative estimate of drug-likeness (QED) is 0.847. The summed E-state index contributed by atoms with van der Waals surface area (Å²) in [7, 11) is 1.75. The van der Waals surface area contributed by atoms with Crippen molar-refractivity contribution in [3.63, 3.8) is 0 Å². The molecule has 1 saturated heterocycles. The van der Waals surface area contributed by atoms with Crippen molar-refractivity contribution in [1.82, 2.24) is 14.8 Å². The van der Waals surface area contributed by atoms with Crippen molar-refractivity contribution in [2.75, 3.05) is 33.3 Å². The molecule has 0 bridgehead atoms. The van der Waals surface area contributed by atoms with Crippen LogP contribution in [0.1, 0.15) is 23.4 Å². The average Bonchev–Trinajstić information content (AvgIpc) is 3.08. The molecule has 3 rings (SSSR count). The molecule has 0 spiro atoms. The molecule has 1 aromatic carbocycles. The number of nitrogens with zero attached hydrogens (tertiary/aromatic N) is 3. The summed E-state index contributed by atoms with van der Waals surface area (Å²) in [6, 6.07) is 8.73. The predicted molar refractivity (Wildman–Crippen MR) is 90.4 cm³/mol. The van der Waals surface area contributed by atoms with Crippen molar-refractivity contribution in [3.05, 3.63) is 46.4 Å². The van der Waals surface area contributed by atoms with Gasteiger partial charge in [-0.25, -0.2) is 0 Å². The van der Waals surface area contributed by atoms with Crippen molar-refractivity contribution in [1.29, 1.82) is 0 Å². The van der Waals surface area contributed by atoms with Gasteiger partial charge in [-0.2, -0.15) is 0 Å². The smallest absolute Gasteiger partial charge is 0.123 e. The van der Waals surface area contributed by atoms with Crippen LogP contribution in [0, 0.1) is 0 Å². The maximum absolute atomic E-state index is 5.51. The van der Waals surface area contributed by atoms with Crippen LogP contribution in [0.15, 0.2) is 36.0 Å². The summed E-state index contributed by atoms with van der Waals surface area (Å²) in [5.74, 6) is 0.988. The van der Waals surface area contributed by atoms with Gasteiger partial charge in [0.1, 0.15) is 5.75 Å². The molecule has 1 aliphatic heterocycles. The van der Waals surface area contributed by atoms with Crippen LogP contribution in [0.3, 0.4) is 0 Å². The SMILES string of the molecule is COc1ccccc1[C@H](C)N1CCN(Cc2cncs2)CC1. The van der Waals surface area contributed by atoms with Crippen molar-refractivity contribution < 1.29 is 4.74 Å². The molecule has 2 aromatic rings. The largest absolute Gasteiger partial charge is 0.496 e. The standard InChI is InChI=1S/C17H23N3OS/c1-14(16-5-3-4-6-17(16)21-2)20-9-7-19(8-10-20)12-15-11-18-13-22-15/h3-6,11,13-14H,7-10,12H2,1-2H3/t14-/m0/s1. The lowest BCUT2D eigenvalue weighted by Gasteiger charge is -2.38. The molecule has 2 heterocycles. The average molecular weight is 317 g/mol. The molecule has 0 saturated carbocycles. The van der Waals surface area contributed by atoms with Crippen molar-refractivity contribution in [2.24, 2.45) is 0 Å². The molecule has 0 radical (unpaired) electrons. The Morgan fingerprint density at radius 2 is 2.00 bits per heavy atom. The Labute approximate surface area is 136 Å². The molecule has 0 amide bonds. The molecule has 4 nitrogen and oxygen atoms in total. The van der Waals surface area contributed by atoms with E-state index in [4.69, 9.17) is 4.74 Å². The molecule has 1 fully saturated rings. The molecule has 0 aliphatic carbocycles. The van der Waals surface area contributed by atoms with Gasteiger partial charge in [-0.05, 0) is 13.0 Å². The zero-order valence-electron chi connectivity index (χ0n) is 13.2. The minimum Gasteiger partial charge on any atom is -0.496 e. The Balaban J connectivity index is 1.58. The number of ether oxygens (including phenoxy) is 1. The molecule has 0 N–H and O–H groups in total. The Kier molecular flexibility index (Phi) is 5.08. The fraction of sp³-hybridized carbons (Fsp3) is 0.471. The second kappa shape index (κ2) is 7.22. The number of piperazine rings is 1. The van der Waals surface area contributed by atoms with E-state index in [9.17, 15) is 0 Å². The van der Waals surface area contributed by atoms with Gasteiger partial charge in [-0.1, -0.05) is 18.2 Å². The van der Waals surface area contributed by atoms with Gasteiger partial charge in [-0.15, -0.1) is 11.3 Å². The summed E-state index contributed by atoms with van der Waals surface area (Å²) >= 11 is 1.74. The van der Waals surface area contributed by atoms with Gasteiger partial charge in [0, 0.05) is 55.4 Å². The second-order valence-electron chi connectivity index (χ2n) is 5.70. The van der Waals surface area contributed by atoms with Gasteiger partial charge in [0.2, 0.25) is 0 Å². The Morgan fingerprint density at radius 1 is 1.23 bits per heavy atom. The first-order valence-electron chi connectivity index (χ1n) is 7.74. The zero-order chi connectivity index (χ0) is 15.4. The third kappa shape index (κ3) is 3.48. The van der Waals surface area contributed by atoms with Gasteiger partial charge in [0.25, 0.3) is 0 Å². The lowest BCUT2D eigenvalue weighted by atomic mass is 10.0. The van der Waals surface area contributed by atoms with Crippen LogP contribution in [0.25, 0.3) is 0 Å². The summed E-state index contributed by atoms with van der Waals surface area (Å²) < 4.78 is 5.51. The van der Waals surface area contributed by atoms with Crippen LogP contribution in [0.2, 0.25) is 0 Å². The fourth-order valence-corrected chi connectivity index (χ4v) is 3.69. The maximum Gasteiger partial charge on any atom is 0.123 e. The van der Waals surface area contributed by atoms with E-state index in [0.717, 1.165) is 38.5 Å². The number of aromatic nitrogens is 1. The third-order valence-corrected chi connectivity index (χ3v) is 5.17. The molecular weight excluding hydrogens is 294 g/mol. The minimum absolute atomic E-state index is 0.390. The number of para-hydroxylation sites is 1. The lowest BCUT2D eigenvalue weighted by Crippen LogP contribution is -2.46. The van der Waals surface area contributed by atoms with Crippen molar-refractivity contribution in [3.8, 4) is 5.75 Å². The fourth-order valence-electron chi connectivity index (χ4n) is 3.06. The maximum atomic E-state index is 5.51. The van der Waals surface area contributed by atoms with Crippen LogP contribution in [-0.4, -0.2) is 48.1 Å².